The first-order chi connectivity index (χ1) is 7.12. The largest absolute Gasteiger partial charge is 0.315 e. The minimum Gasteiger partial charge on any atom is -0.315 e. The summed E-state index contributed by atoms with van der Waals surface area (Å²) in [6, 6.07) is 0. The molecule has 0 aliphatic carbocycles. The van der Waals surface area contributed by atoms with Crippen LogP contribution >= 0.6 is 0 Å². The first-order valence-corrected chi connectivity index (χ1v) is 6.58. The molecular formula is C13H30N2. The van der Waals surface area contributed by atoms with Gasteiger partial charge in [-0.15, -0.1) is 0 Å². The molecule has 0 amide bonds. The van der Waals surface area contributed by atoms with E-state index in [2.05, 4.69) is 38.3 Å². The maximum absolute atomic E-state index is 3.55. The molecule has 0 heterocycles. The third-order valence-electron chi connectivity index (χ3n) is 3.00. The molecule has 0 atom stereocenters. The van der Waals surface area contributed by atoms with Gasteiger partial charge in [-0.25, -0.2) is 0 Å². The van der Waals surface area contributed by atoms with Crippen molar-refractivity contribution < 1.29 is 0 Å². The number of hydrogen-bond donors (Lipinski definition) is 2. The molecule has 0 radical (unpaired) electrons. The van der Waals surface area contributed by atoms with E-state index >= 15 is 0 Å². The van der Waals surface area contributed by atoms with Crippen LogP contribution in [0.5, 0.6) is 0 Å². The lowest BCUT2D eigenvalue weighted by atomic mass is 10.0. The van der Waals surface area contributed by atoms with Gasteiger partial charge < -0.3 is 10.6 Å². The number of nitrogens with one attached hydrogen (secondary N) is 2. The van der Waals surface area contributed by atoms with Crippen molar-refractivity contribution in [2.45, 2.75) is 65.3 Å². The van der Waals surface area contributed by atoms with E-state index in [1.54, 1.807) is 0 Å². The van der Waals surface area contributed by atoms with E-state index in [1.807, 2.05) is 0 Å². The van der Waals surface area contributed by atoms with Gasteiger partial charge in [-0.2, -0.15) is 0 Å². The molecule has 2 N–H and O–H groups in total. The van der Waals surface area contributed by atoms with Gasteiger partial charge in [-0.05, 0) is 33.2 Å². The normalized spacial score (nSPS) is 12.0. The monoisotopic (exact) mass is 214 g/mol. The molecule has 0 aromatic rings. The van der Waals surface area contributed by atoms with Crippen molar-refractivity contribution in [3.8, 4) is 0 Å². The Labute approximate surface area is 96.2 Å². The molecule has 0 aromatic heterocycles. The topological polar surface area (TPSA) is 24.1 Å². The highest BCUT2D eigenvalue weighted by atomic mass is 15.0. The highest BCUT2D eigenvalue weighted by molar-refractivity contribution is 4.75. The van der Waals surface area contributed by atoms with Crippen LogP contribution in [-0.4, -0.2) is 25.2 Å². The Morgan fingerprint density at radius 1 is 0.867 bits per heavy atom. The van der Waals surface area contributed by atoms with Crippen molar-refractivity contribution in [2.75, 3.05) is 19.6 Å². The van der Waals surface area contributed by atoms with Gasteiger partial charge in [0, 0.05) is 18.6 Å². The maximum atomic E-state index is 3.55. The minimum atomic E-state index is 0.296. The standard InChI is InChI=1S/C13H30N2/c1-5-7-8-9-10-14-11-12-15-13(3,4)6-2/h14-15H,5-12H2,1-4H3. The van der Waals surface area contributed by atoms with Crippen LogP contribution in [0.25, 0.3) is 0 Å². The molecule has 0 spiro atoms. The van der Waals surface area contributed by atoms with Crippen molar-refractivity contribution in [3.63, 3.8) is 0 Å². The molecule has 0 saturated heterocycles. The summed E-state index contributed by atoms with van der Waals surface area (Å²) in [5.74, 6) is 0. The summed E-state index contributed by atoms with van der Waals surface area (Å²) in [7, 11) is 0. The van der Waals surface area contributed by atoms with Crippen LogP contribution in [0.3, 0.4) is 0 Å². The minimum absolute atomic E-state index is 0.296. The Balaban J connectivity index is 3.11. The van der Waals surface area contributed by atoms with Gasteiger partial charge in [0.2, 0.25) is 0 Å². The second-order valence-corrected chi connectivity index (χ2v) is 4.97. The van der Waals surface area contributed by atoms with Gasteiger partial charge in [0.05, 0.1) is 0 Å². The third-order valence-corrected chi connectivity index (χ3v) is 3.00. The number of hydrogen-bond acceptors (Lipinski definition) is 2. The molecule has 0 unspecified atom stereocenters. The van der Waals surface area contributed by atoms with Gasteiger partial charge in [0.1, 0.15) is 0 Å². The van der Waals surface area contributed by atoms with Crippen molar-refractivity contribution in [1.29, 1.82) is 0 Å². The van der Waals surface area contributed by atoms with E-state index in [-0.39, 0.29) is 0 Å². The average molecular weight is 214 g/mol. The lowest BCUT2D eigenvalue weighted by molar-refractivity contribution is 0.374. The summed E-state index contributed by atoms with van der Waals surface area (Å²) >= 11 is 0. The molecule has 2 heteroatoms. The molecule has 0 aromatic carbocycles. The van der Waals surface area contributed by atoms with Gasteiger partial charge >= 0.3 is 0 Å². The molecule has 0 aliphatic rings. The second kappa shape index (κ2) is 9.17. The summed E-state index contributed by atoms with van der Waals surface area (Å²) in [5.41, 5.74) is 0.296. The van der Waals surface area contributed by atoms with E-state index in [1.165, 1.54) is 38.6 Å². The van der Waals surface area contributed by atoms with Crippen molar-refractivity contribution in [1.82, 2.24) is 10.6 Å². The molecular weight excluding hydrogens is 184 g/mol. The molecule has 2 nitrogen and oxygen atoms in total. The van der Waals surface area contributed by atoms with E-state index in [4.69, 9.17) is 0 Å². The van der Waals surface area contributed by atoms with E-state index < -0.39 is 0 Å². The SMILES string of the molecule is CCCCCCNCCNC(C)(C)CC. The Kier molecular flexibility index (Phi) is 9.12. The Morgan fingerprint density at radius 2 is 1.60 bits per heavy atom. The quantitative estimate of drug-likeness (QED) is 0.546. The summed E-state index contributed by atoms with van der Waals surface area (Å²) < 4.78 is 0. The van der Waals surface area contributed by atoms with Crippen LogP contribution in [0.2, 0.25) is 0 Å². The molecule has 92 valence electrons. The molecule has 0 aliphatic heterocycles. The van der Waals surface area contributed by atoms with Gasteiger partial charge in [-0.1, -0.05) is 33.1 Å². The Bertz CT molecular complexity index is 132. The first kappa shape index (κ1) is 14.9. The van der Waals surface area contributed by atoms with Crippen LogP contribution in [-0.2, 0) is 0 Å². The number of rotatable bonds is 10. The predicted octanol–water partition coefficient (Wildman–Crippen LogP) is 2.93. The predicted molar refractivity (Wildman–Crippen MR) is 69.4 cm³/mol. The first-order valence-electron chi connectivity index (χ1n) is 6.58. The fourth-order valence-corrected chi connectivity index (χ4v) is 1.42. The lowest BCUT2D eigenvalue weighted by Crippen LogP contribution is -2.42. The molecule has 0 saturated carbocycles. The number of unbranched alkanes of at least 4 members (excludes halogenated alkanes) is 3. The molecule has 0 bridgehead atoms. The second-order valence-electron chi connectivity index (χ2n) is 4.97. The van der Waals surface area contributed by atoms with Crippen molar-refractivity contribution >= 4 is 0 Å². The summed E-state index contributed by atoms with van der Waals surface area (Å²) in [6.07, 6.45) is 6.58. The van der Waals surface area contributed by atoms with Crippen LogP contribution in [0.4, 0.5) is 0 Å². The zero-order chi connectivity index (χ0) is 11.6. The molecule has 15 heavy (non-hydrogen) atoms. The zero-order valence-electron chi connectivity index (χ0n) is 11.2. The fourth-order valence-electron chi connectivity index (χ4n) is 1.42. The van der Waals surface area contributed by atoms with Gasteiger partial charge in [0.25, 0.3) is 0 Å². The van der Waals surface area contributed by atoms with Crippen molar-refractivity contribution in [3.05, 3.63) is 0 Å². The average Bonchev–Trinajstić information content (AvgIpc) is 2.22. The summed E-state index contributed by atoms with van der Waals surface area (Å²) in [4.78, 5) is 0. The van der Waals surface area contributed by atoms with Gasteiger partial charge in [0.15, 0.2) is 0 Å². The molecule has 0 rings (SSSR count). The summed E-state index contributed by atoms with van der Waals surface area (Å²) in [5, 5.41) is 7.03. The van der Waals surface area contributed by atoms with Crippen LogP contribution in [0, 0.1) is 0 Å². The highest BCUT2D eigenvalue weighted by Crippen LogP contribution is 2.05. The van der Waals surface area contributed by atoms with E-state index in [0.717, 1.165) is 13.1 Å². The Morgan fingerprint density at radius 3 is 2.20 bits per heavy atom. The zero-order valence-corrected chi connectivity index (χ0v) is 11.2. The maximum Gasteiger partial charge on any atom is 0.0123 e. The Hall–Kier alpha value is -0.0800. The highest BCUT2D eigenvalue weighted by Gasteiger charge is 2.12. The smallest absolute Gasteiger partial charge is 0.0123 e. The van der Waals surface area contributed by atoms with Gasteiger partial charge in [-0.3, -0.25) is 0 Å². The van der Waals surface area contributed by atoms with Crippen LogP contribution in [0.1, 0.15) is 59.8 Å². The van der Waals surface area contributed by atoms with Crippen LogP contribution in [0.15, 0.2) is 0 Å². The van der Waals surface area contributed by atoms with Crippen LogP contribution < -0.4 is 10.6 Å². The van der Waals surface area contributed by atoms with E-state index in [9.17, 15) is 0 Å². The summed E-state index contributed by atoms with van der Waals surface area (Å²) in [6.45, 7) is 12.3. The van der Waals surface area contributed by atoms with E-state index in [0.29, 0.717) is 5.54 Å². The lowest BCUT2D eigenvalue weighted by Gasteiger charge is -2.24. The molecule has 0 fully saturated rings. The fraction of sp³-hybridized carbons (Fsp3) is 1.00. The third kappa shape index (κ3) is 10.2. The van der Waals surface area contributed by atoms with Crippen molar-refractivity contribution in [2.24, 2.45) is 0 Å².